The highest BCUT2D eigenvalue weighted by Gasteiger charge is 2.32. The normalized spacial score (nSPS) is 23.6. The first-order valence-corrected chi connectivity index (χ1v) is 8.42. The Bertz CT molecular complexity index is 542. The summed E-state index contributed by atoms with van der Waals surface area (Å²) in [6.07, 6.45) is 7.45. The highest BCUT2D eigenvalue weighted by molar-refractivity contribution is 5.80. The molecule has 9 heteroatoms. The molecule has 1 aromatic rings. The quantitative estimate of drug-likeness (QED) is 0.791. The van der Waals surface area contributed by atoms with Gasteiger partial charge in [-0.1, -0.05) is 5.21 Å². The Balaban J connectivity index is 1.37. The average molecular weight is 337 g/mol. The van der Waals surface area contributed by atoms with Gasteiger partial charge in [0, 0.05) is 18.4 Å². The third kappa shape index (κ3) is 4.75. The van der Waals surface area contributed by atoms with E-state index in [4.69, 9.17) is 0 Å². The molecule has 2 aliphatic rings. The molecule has 0 saturated carbocycles. The van der Waals surface area contributed by atoms with Crippen LogP contribution in [0.4, 0.5) is 0 Å². The largest absolute Gasteiger partial charge is 0.335 e. The lowest BCUT2D eigenvalue weighted by Gasteiger charge is -2.32. The fraction of sp³-hybridized carbons (Fsp3) is 0.733. The molecule has 132 valence electrons. The van der Waals surface area contributed by atoms with Crippen LogP contribution in [0.3, 0.4) is 0 Å². The first-order chi connectivity index (χ1) is 11.7. The second-order valence-corrected chi connectivity index (χ2v) is 6.42. The number of aromatic nitrogens is 3. The van der Waals surface area contributed by atoms with E-state index in [0.29, 0.717) is 12.3 Å². The van der Waals surface area contributed by atoms with E-state index in [-0.39, 0.29) is 6.42 Å². The molecule has 1 aromatic heterocycles. The summed E-state index contributed by atoms with van der Waals surface area (Å²) in [7, 11) is 0. The van der Waals surface area contributed by atoms with Gasteiger partial charge in [-0.05, 0) is 51.2 Å². The summed E-state index contributed by atoms with van der Waals surface area (Å²) in [6, 6.07) is 0. The Kier molecular flexibility index (Phi) is 5.76. The molecule has 0 bridgehead atoms. The standard InChI is InChI=1S/C15H23N5O4/c21-14-11-13(15(22)24-18-23-14)10-12-2-7-19(8-3-12)5-1-6-20-9-4-16-17-20/h4,9,12-13,18H,1-3,5-8,10-11H2. The van der Waals surface area contributed by atoms with Crippen LogP contribution in [0.15, 0.2) is 12.4 Å². The van der Waals surface area contributed by atoms with Crippen molar-refractivity contribution >= 4 is 11.9 Å². The predicted molar refractivity (Wildman–Crippen MR) is 81.8 cm³/mol. The molecule has 9 nitrogen and oxygen atoms in total. The van der Waals surface area contributed by atoms with Crippen molar-refractivity contribution in [1.29, 1.82) is 0 Å². The van der Waals surface area contributed by atoms with E-state index < -0.39 is 17.9 Å². The number of hydrogen-bond donors (Lipinski definition) is 1. The van der Waals surface area contributed by atoms with Gasteiger partial charge < -0.3 is 14.6 Å². The molecule has 24 heavy (non-hydrogen) atoms. The fourth-order valence-corrected chi connectivity index (χ4v) is 3.35. The second-order valence-electron chi connectivity index (χ2n) is 6.42. The predicted octanol–water partition coefficient (Wildman–Crippen LogP) is 0.296. The molecule has 0 amide bonds. The zero-order valence-corrected chi connectivity index (χ0v) is 13.6. The summed E-state index contributed by atoms with van der Waals surface area (Å²) in [4.78, 5) is 34.9. The van der Waals surface area contributed by atoms with Gasteiger partial charge in [0.15, 0.2) is 0 Å². The second kappa shape index (κ2) is 8.20. The monoisotopic (exact) mass is 337 g/mol. The Labute approximate surface area is 140 Å². The zero-order valence-electron chi connectivity index (χ0n) is 13.6. The van der Waals surface area contributed by atoms with Crippen LogP contribution in [-0.2, 0) is 25.8 Å². The number of rotatable bonds is 6. The number of likely N-dealkylation sites (tertiary alicyclic amines) is 1. The van der Waals surface area contributed by atoms with Crippen LogP contribution >= 0.6 is 0 Å². The van der Waals surface area contributed by atoms with Gasteiger partial charge in [0.2, 0.25) is 0 Å². The Morgan fingerprint density at radius 3 is 2.79 bits per heavy atom. The van der Waals surface area contributed by atoms with Gasteiger partial charge in [-0.25, -0.2) is 4.79 Å². The van der Waals surface area contributed by atoms with Crippen molar-refractivity contribution in [1.82, 2.24) is 25.5 Å². The molecule has 1 unspecified atom stereocenters. The number of nitrogens with zero attached hydrogens (tertiary/aromatic N) is 4. The zero-order chi connectivity index (χ0) is 16.8. The van der Waals surface area contributed by atoms with Crippen molar-refractivity contribution in [3.63, 3.8) is 0 Å². The van der Waals surface area contributed by atoms with E-state index in [1.165, 1.54) is 0 Å². The number of carbonyl (C=O) groups is 2. The van der Waals surface area contributed by atoms with Crippen LogP contribution < -0.4 is 5.64 Å². The lowest BCUT2D eigenvalue weighted by atomic mass is 9.85. The first-order valence-electron chi connectivity index (χ1n) is 8.42. The van der Waals surface area contributed by atoms with Crippen molar-refractivity contribution < 1.29 is 19.3 Å². The van der Waals surface area contributed by atoms with Crippen molar-refractivity contribution in [2.24, 2.45) is 11.8 Å². The van der Waals surface area contributed by atoms with Crippen molar-refractivity contribution in [2.75, 3.05) is 19.6 Å². The van der Waals surface area contributed by atoms with Gasteiger partial charge in [0.05, 0.1) is 18.5 Å². The summed E-state index contributed by atoms with van der Waals surface area (Å²) < 4.78 is 1.84. The maximum atomic E-state index is 11.8. The summed E-state index contributed by atoms with van der Waals surface area (Å²) in [5.74, 6) is -0.816. The van der Waals surface area contributed by atoms with Crippen LogP contribution in [-0.4, -0.2) is 51.5 Å². The molecule has 2 fully saturated rings. The van der Waals surface area contributed by atoms with Crippen molar-refractivity contribution in [3.05, 3.63) is 12.4 Å². The van der Waals surface area contributed by atoms with Gasteiger partial charge in [-0.3, -0.25) is 9.48 Å². The highest BCUT2D eigenvalue weighted by atomic mass is 16.9. The molecule has 0 radical (unpaired) electrons. The van der Waals surface area contributed by atoms with Crippen LogP contribution in [0.1, 0.15) is 32.1 Å². The fourth-order valence-electron chi connectivity index (χ4n) is 3.35. The van der Waals surface area contributed by atoms with Crippen LogP contribution in [0.2, 0.25) is 0 Å². The lowest BCUT2D eigenvalue weighted by molar-refractivity contribution is -0.191. The van der Waals surface area contributed by atoms with Crippen LogP contribution in [0.25, 0.3) is 0 Å². The van der Waals surface area contributed by atoms with E-state index in [2.05, 4.69) is 24.9 Å². The van der Waals surface area contributed by atoms with Gasteiger partial charge in [0.25, 0.3) is 0 Å². The highest BCUT2D eigenvalue weighted by Crippen LogP contribution is 2.27. The molecule has 0 aliphatic carbocycles. The van der Waals surface area contributed by atoms with E-state index in [1.807, 2.05) is 16.5 Å². The van der Waals surface area contributed by atoms with E-state index >= 15 is 0 Å². The molecule has 1 N–H and O–H groups in total. The smallest absolute Gasteiger partial charge is 0.332 e. The summed E-state index contributed by atoms with van der Waals surface area (Å²) in [6.45, 7) is 3.95. The number of hydrogen-bond acceptors (Lipinski definition) is 8. The average Bonchev–Trinajstić information content (AvgIpc) is 3.03. The number of carbonyl (C=O) groups excluding carboxylic acids is 2. The molecule has 0 spiro atoms. The summed E-state index contributed by atoms with van der Waals surface area (Å²) >= 11 is 0. The topological polar surface area (TPSA) is 98.6 Å². The van der Waals surface area contributed by atoms with Crippen LogP contribution in [0.5, 0.6) is 0 Å². The minimum absolute atomic E-state index is 0.0873. The molecule has 2 saturated heterocycles. The number of piperidine rings is 1. The molecular weight excluding hydrogens is 314 g/mol. The first kappa shape index (κ1) is 16.8. The molecule has 2 aliphatic heterocycles. The minimum Gasteiger partial charge on any atom is -0.335 e. The SMILES string of the molecule is O=C1CC(CC2CCN(CCCn3ccnn3)CC2)C(=O)ONO1. The van der Waals surface area contributed by atoms with E-state index in [0.717, 1.165) is 45.4 Å². The maximum absolute atomic E-state index is 11.8. The molecule has 3 rings (SSSR count). The summed E-state index contributed by atoms with van der Waals surface area (Å²) in [5, 5.41) is 7.75. The van der Waals surface area contributed by atoms with Crippen molar-refractivity contribution in [2.45, 2.75) is 38.6 Å². The Morgan fingerprint density at radius 1 is 1.21 bits per heavy atom. The van der Waals surface area contributed by atoms with Gasteiger partial charge in [0.1, 0.15) is 0 Å². The number of nitrogens with one attached hydrogen (secondary N) is 1. The maximum Gasteiger partial charge on any atom is 0.332 e. The minimum atomic E-state index is -0.448. The van der Waals surface area contributed by atoms with Gasteiger partial charge in [-0.2, -0.15) is 0 Å². The molecular formula is C15H23N5O4. The molecule has 3 heterocycles. The summed E-state index contributed by atoms with van der Waals surface area (Å²) in [5.41, 5.74) is 1.94. The van der Waals surface area contributed by atoms with E-state index in [9.17, 15) is 9.59 Å². The van der Waals surface area contributed by atoms with Gasteiger partial charge >= 0.3 is 11.9 Å². The third-order valence-corrected chi connectivity index (χ3v) is 4.70. The van der Waals surface area contributed by atoms with Crippen LogP contribution in [0, 0.1) is 11.8 Å². The Hall–Kier alpha value is -2.00. The number of aryl methyl sites for hydroxylation is 1. The van der Waals surface area contributed by atoms with Gasteiger partial charge in [-0.15, -0.1) is 5.10 Å². The lowest BCUT2D eigenvalue weighted by Crippen LogP contribution is -2.36. The third-order valence-electron chi connectivity index (χ3n) is 4.70. The molecule has 1 atom stereocenters. The van der Waals surface area contributed by atoms with Crippen molar-refractivity contribution in [3.8, 4) is 0 Å². The van der Waals surface area contributed by atoms with E-state index in [1.54, 1.807) is 6.20 Å². The molecule has 0 aromatic carbocycles. The Morgan fingerprint density at radius 2 is 2.04 bits per heavy atom.